The molecular weight excluding hydrogens is 312 g/mol. The van der Waals surface area contributed by atoms with Crippen molar-refractivity contribution in [2.75, 3.05) is 13.1 Å². The molecule has 0 aliphatic rings. The van der Waals surface area contributed by atoms with Gasteiger partial charge in [-0.2, -0.15) is 0 Å². The van der Waals surface area contributed by atoms with Crippen LogP contribution in [0.3, 0.4) is 0 Å². The van der Waals surface area contributed by atoms with Gasteiger partial charge in [0.1, 0.15) is 0 Å². The summed E-state index contributed by atoms with van der Waals surface area (Å²) in [6.45, 7) is 5.93. The maximum Gasteiger partial charge on any atom is 0.240 e. The number of rotatable bonds is 7. The van der Waals surface area contributed by atoms with E-state index in [2.05, 4.69) is 4.72 Å². The maximum atomic E-state index is 12.1. The molecule has 0 heterocycles. The second kappa shape index (κ2) is 7.77. The lowest BCUT2D eigenvalue weighted by Crippen LogP contribution is -2.42. The molecule has 0 aliphatic heterocycles. The number of hydrogen-bond acceptors (Lipinski definition) is 3. The zero-order valence-electron chi connectivity index (χ0n) is 12.5. The molecule has 0 aliphatic carbocycles. The van der Waals surface area contributed by atoms with Gasteiger partial charge in [0.05, 0.1) is 4.90 Å². The predicted octanol–water partition coefficient (Wildman–Crippen LogP) is 2.27. The van der Waals surface area contributed by atoms with Gasteiger partial charge >= 0.3 is 0 Å². The molecule has 21 heavy (non-hydrogen) atoms. The van der Waals surface area contributed by atoms with Crippen LogP contribution in [0.2, 0.25) is 5.02 Å². The Hall–Kier alpha value is -1.11. The second-order valence-electron chi connectivity index (χ2n) is 4.82. The first-order valence-corrected chi connectivity index (χ1v) is 8.66. The zero-order chi connectivity index (χ0) is 16.0. The quantitative estimate of drug-likeness (QED) is 0.833. The summed E-state index contributed by atoms with van der Waals surface area (Å²) >= 11 is 5.73. The second-order valence-corrected chi connectivity index (χ2v) is 7.02. The van der Waals surface area contributed by atoms with Crippen molar-refractivity contribution in [1.82, 2.24) is 9.62 Å². The predicted molar refractivity (Wildman–Crippen MR) is 83.8 cm³/mol. The zero-order valence-corrected chi connectivity index (χ0v) is 14.0. The number of nitrogens with zero attached hydrogens (tertiary/aromatic N) is 1. The molecule has 0 saturated heterocycles. The highest BCUT2D eigenvalue weighted by Crippen LogP contribution is 2.13. The summed E-state index contributed by atoms with van der Waals surface area (Å²) in [4.78, 5) is 13.4. The summed E-state index contributed by atoms with van der Waals surface area (Å²) in [5.41, 5.74) is 0. The van der Waals surface area contributed by atoms with Gasteiger partial charge in [-0.3, -0.25) is 4.79 Å². The van der Waals surface area contributed by atoms with Crippen LogP contribution < -0.4 is 4.72 Å². The molecule has 7 heteroatoms. The fourth-order valence-corrected chi connectivity index (χ4v) is 3.05. The van der Waals surface area contributed by atoms with E-state index in [-0.39, 0.29) is 23.4 Å². The number of carbonyl (C=O) groups is 1. The number of carbonyl (C=O) groups excluding carboxylic acids is 1. The van der Waals surface area contributed by atoms with E-state index in [0.29, 0.717) is 11.6 Å². The van der Waals surface area contributed by atoms with Crippen molar-refractivity contribution in [3.8, 4) is 0 Å². The van der Waals surface area contributed by atoms with Gasteiger partial charge in [-0.15, -0.1) is 0 Å². The fourth-order valence-electron chi connectivity index (χ4n) is 1.91. The third-order valence-corrected chi connectivity index (χ3v) is 5.02. The average molecular weight is 333 g/mol. The van der Waals surface area contributed by atoms with Gasteiger partial charge in [0.15, 0.2) is 0 Å². The van der Waals surface area contributed by atoms with Crippen molar-refractivity contribution in [2.45, 2.75) is 38.1 Å². The van der Waals surface area contributed by atoms with Gasteiger partial charge in [0.25, 0.3) is 0 Å². The summed E-state index contributed by atoms with van der Waals surface area (Å²) in [5, 5.41) is 0.480. The molecule has 1 unspecified atom stereocenters. The molecule has 0 aromatic heterocycles. The van der Waals surface area contributed by atoms with E-state index in [1.807, 2.05) is 13.8 Å². The van der Waals surface area contributed by atoms with Crippen molar-refractivity contribution in [2.24, 2.45) is 0 Å². The van der Waals surface area contributed by atoms with Crippen LogP contribution in [0.15, 0.2) is 29.2 Å². The highest BCUT2D eigenvalue weighted by molar-refractivity contribution is 7.89. The third-order valence-electron chi connectivity index (χ3n) is 3.30. The minimum Gasteiger partial charge on any atom is -0.339 e. The number of amides is 1. The molecule has 0 fully saturated rings. The van der Waals surface area contributed by atoms with Crippen molar-refractivity contribution in [3.63, 3.8) is 0 Å². The van der Waals surface area contributed by atoms with Crippen LogP contribution >= 0.6 is 11.6 Å². The van der Waals surface area contributed by atoms with Crippen LogP contribution in [-0.4, -0.2) is 38.4 Å². The molecule has 5 nitrogen and oxygen atoms in total. The number of sulfonamides is 1. The van der Waals surface area contributed by atoms with Gasteiger partial charge < -0.3 is 4.90 Å². The first kappa shape index (κ1) is 17.9. The Morgan fingerprint density at radius 1 is 1.33 bits per heavy atom. The van der Waals surface area contributed by atoms with Gasteiger partial charge in [-0.25, -0.2) is 13.1 Å². The summed E-state index contributed by atoms with van der Waals surface area (Å²) in [5.74, 6) is -0.0601. The van der Waals surface area contributed by atoms with Crippen LogP contribution in [0.4, 0.5) is 0 Å². The highest BCUT2D eigenvalue weighted by Gasteiger charge is 2.17. The average Bonchev–Trinajstić information content (AvgIpc) is 2.43. The molecule has 1 amide bonds. The third kappa shape index (κ3) is 5.30. The van der Waals surface area contributed by atoms with Crippen molar-refractivity contribution in [1.29, 1.82) is 0 Å². The molecule has 1 aromatic carbocycles. The minimum atomic E-state index is -3.58. The number of halogens is 1. The van der Waals surface area contributed by atoms with Crippen LogP contribution in [-0.2, 0) is 14.8 Å². The van der Waals surface area contributed by atoms with Gasteiger partial charge in [0.2, 0.25) is 15.9 Å². The summed E-state index contributed by atoms with van der Waals surface area (Å²) in [7, 11) is -3.58. The van der Waals surface area contributed by atoms with E-state index in [9.17, 15) is 13.2 Å². The Labute approximate surface area is 131 Å². The summed E-state index contributed by atoms with van der Waals surface area (Å²) in [6.07, 6.45) is 0.823. The molecule has 1 N–H and O–H groups in total. The molecule has 0 radical (unpaired) electrons. The minimum absolute atomic E-state index is 0.0601. The van der Waals surface area contributed by atoms with Crippen LogP contribution in [0, 0.1) is 0 Å². The number of hydrogen-bond donors (Lipinski definition) is 1. The van der Waals surface area contributed by atoms with Crippen LogP contribution in [0.25, 0.3) is 0 Å². The van der Waals surface area contributed by atoms with E-state index in [0.717, 1.165) is 6.42 Å². The largest absolute Gasteiger partial charge is 0.339 e. The van der Waals surface area contributed by atoms with Crippen molar-refractivity contribution in [3.05, 3.63) is 29.3 Å². The SMILES string of the molecule is CCC(C)N(CCNS(=O)(=O)c1ccc(Cl)cc1)C(C)=O. The van der Waals surface area contributed by atoms with Gasteiger partial charge in [-0.05, 0) is 37.6 Å². The van der Waals surface area contributed by atoms with Crippen LogP contribution in [0.5, 0.6) is 0 Å². The molecule has 1 rings (SSSR count). The number of nitrogens with one attached hydrogen (secondary N) is 1. The van der Waals surface area contributed by atoms with Gasteiger partial charge in [-0.1, -0.05) is 18.5 Å². The van der Waals surface area contributed by atoms with Gasteiger partial charge in [0, 0.05) is 31.1 Å². The molecule has 0 spiro atoms. The smallest absolute Gasteiger partial charge is 0.240 e. The van der Waals surface area contributed by atoms with E-state index in [1.54, 1.807) is 4.90 Å². The molecule has 0 saturated carbocycles. The molecule has 1 atom stereocenters. The van der Waals surface area contributed by atoms with E-state index < -0.39 is 10.0 Å². The highest BCUT2D eigenvalue weighted by atomic mass is 35.5. The Morgan fingerprint density at radius 2 is 1.90 bits per heavy atom. The fraction of sp³-hybridized carbons (Fsp3) is 0.500. The molecule has 118 valence electrons. The Kier molecular flexibility index (Phi) is 6.64. The van der Waals surface area contributed by atoms with E-state index >= 15 is 0 Å². The first-order valence-electron chi connectivity index (χ1n) is 6.80. The Morgan fingerprint density at radius 3 is 2.38 bits per heavy atom. The van der Waals surface area contributed by atoms with Crippen molar-refractivity contribution >= 4 is 27.5 Å². The molecular formula is C14H21ClN2O3S. The monoisotopic (exact) mass is 332 g/mol. The summed E-state index contributed by atoms with van der Waals surface area (Å²) in [6, 6.07) is 6.03. The lowest BCUT2D eigenvalue weighted by molar-refractivity contribution is -0.130. The lowest BCUT2D eigenvalue weighted by Gasteiger charge is -2.27. The Bertz CT molecular complexity index is 572. The number of benzene rings is 1. The van der Waals surface area contributed by atoms with E-state index in [1.165, 1.54) is 31.2 Å². The van der Waals surface area contributed by atoms with Crippen molar-refractivity contribution < 1.29 is 13.2 Å². The molecule has 0 bridgehead atoms. The normalized spacial score (nSPS) is 13.0. The van der Waals surface area contributed by atoms with E-state index in [4.69, 9.17) is 11.6 Å². The Balaban J connectivity index is 2.65. The first-order chi connectivity index (χ1) is 9.77. The topological polar surface area (TPSA) is 66.5 Å². The summed E-state index contributed by atoms with van der Waals surface area (Å²) < 4.78 is 26.6. The standard InChI is InChI=1S/C14H21ClN2O3S/c1-4-11(2)17(12(3)18)10-9-16-21(19,20)14-7-5-13(15)6-8-14/h5-8,11,16H,4,9-10H2,1-3H3. The maximum absolute atomic E-state index is 12.1. The lowest BCUT2D eigenvalue weighted by atomic mass is 10.2. The van der Waals surface area contributed by atoms with Crippen LogP contribution in [0.1, 0.15) is 27.2 Å². The molecule has 1 aromatic rings.